The number of carbonyl (C=O) groups is 2. The Morgan fingerprint density at radius 3 is 2.29 bits per heavy atom. The minimum Gasteiger partial charge on any atom is -0.394 e. The number of benzene rings is 1. The molecule has 1 aromatic heterocycles. The molecule has 1 aromatic carbocycles. The number of nitrogens with zero attached hydrogens (tertiary/aromatic N) is 2. The van der Waals surface area contributed by atoms with Gasteiger partial charge in [0, 0.05) is 25.4 Å². The van der Waals surface area contributed by atoms with E-state index >= 15 is 0 Å². The highest BCUT2D eigenvalue weighted by molar-refractivity contribution is 6.21. The molecule has 4 rings (SSSR count). The van der Waals surface area contributed by atoms with Gasteiger partial charge in [0.05, 0.1) is 17.7 Å². The molecule has 0 saturated carbocycles. The van der Waals surface area contributed by atoms with Crippen molar-refractivity contribution >= 4 is 11.8 Å². The number of hydrogen-bond donors (Lipinski definition) is 3. The molecule has 0 radical (unpaired) electrons. The van der Waals surface area contributed by atoms with Gasteiger partial charge in [-0.25, -0.2) is 4.79 Å². The van der Waals surface area contributed by atoms with Crippen molar-refractivity contribution in [3.8, 4) is 0 Å². The van der Waals surface area contributed by atoms with E-state index in [0.29, 0.717) is 37.1 Å². The lowest BCUT2D eigenvalue weighted by molar-refractivity contribution is -0.0626. The SMILES string of the molecule is O=C1c2ccccc2C(=O)N1CCCCCCOC1C(O)[C@H](n2ccc(=O)[nH]c2=O)O[C@@H]1CO. The van der Waals surface area contributed by atoms with Crippen molar-refractivity contribution in [3.05, 3.63) is 68.5 Å². The summed E-state index contributed by atoms with van der Waals surface area (Å²) in [5.41, 5.74) is -0.409. The number of aromatic amines is 1. The first kappa shape index (κ1) is 24.0. The van der Waals surface area contributed by atoms with Crippen molar-refractivity contribution in [2.75, 3.05) is 19.8 Å². The lowest BCUT2D eigenvalue weighted by atomic mass is 10.1. The van der Waals surface area contributed by atoms with Crippen LogP contribution in [0.5, 0.6) is 0 Å². The normalized spacial score (nSPS) is 24.1. The molecule has 2 aliphatic heterocycles. The van der Waals surface area contributed by atoms with Crippen LogP contribution >= 0.6 is 0 Å². The monoisotopic (exact) mass is 473 g/mol. The summed E-state index contributed by atoms with van der Waals surface area (Å²) in [7, 11) is 0. The summed E-state index contributed by atoms with van der Waals surface area (Å²) in [6.07, 6.45) is 0.128. The molecule has 34 heavy (non-hydrogen) atoms. The van der Waals surface area contributed by atoms with E-state index in [-0.39, 0.29) is 11.8 Å². The zero-order chi connectivity index (χ0) is 24.2. The Morgan fingerprint density at radius 2 is 1.65 bits per heavy atom. The van der Waals surface area contributed by atoms with Crippen LogP contribution in [0.1, 0.15) is 52.6 Å². The second-order valence-electron chi connectivity index (χ2n) is 8.31. The molecule has 1 saturated heterocycles. The highest BCUT2D eigenvalue weighted by Gasteiger charge is 2.45. The Morgan fingerprint density at radius 1 is 0.971 bits per heavy atom. The summed E-state index contributed by atoms with van der Waals surface area (Å²) >= 11 is 0. The average Bonchev–Trinajstić information content (AvgIpc) is 3.27. The smallest absolute Gasteiger partial charge is 0.330 e. The van der Waals surface area contributed by atoms with Gasteiger partial charge in [-0.15, -0.1) is 0 Å². The van der Waals surface area contributed by atoms with Gasteiger partial charge in [0.1, 0.15) is 18.3 Å². The Hall–Kier alpha value is -3.12. The third-order valence-electron chi connectivity index (χ3n) is 6.08. The highest BCUT2D eigenvalue weighted by atomic mass is 16.6. The average molecular weight is 473 g/mol. The van der Waals surface area contributed by atoms with Gasteiger partial charge in [0.15, 0.2) is 6.23 Å². The third kappa shape index (κ3) is 4.73. The maximum absolute atomic E-state index is 12.4. The standard InChI is InChI=1S/C23H27N3O8/c27-13-16-19(18(29)22(34-16)26-11-9-17(28)24-23(26)32)33-12-6-2-1-5-10-25-20(30)14-7-3-4-8-15(14)21(25)31/h3-4,7-9,11,16,18-19,22,27,29H,1-2,5-6,10,12-13H2,(H,24,28,32)/t16-,18?,19?,22-/m1/s1. The van der Waals surface area contributed by atoms with Crippen LogP contribution in [0.4, 0.5) is 0 Å². The van der Waals surface area contributed by atoms with Gasteiger partial charge in [-0.2, -0.15) is 0 Å². The van der Waals surface area contributed by atoms with E-state index in [1.807, 2.05) is 0 Å². The maximum Gasteiger partial charge on any atom is 0.330 e. The third-order valence-corrected chi connectivity index (χ3v) is 6.08. The minimum absolute atomic E-state index is 0.259. The van der Waals surface area contributed by atoms with E-state index < -0.39 is 42.4 Å². The summed E-state index contributed by atoms with van der Waals surface area (Å²) in [5.74, 6) is -0.518. The zero-order valence-electron chi connectivity index (χ0n) is 18.5. The van der Waals surface area contributed by atoms with E-state index in [0.717, 1.165) is 23.5 Å². The zero-order valence-corrected chi connectivity index (χ0v) is 18.5. The molecule has 2 amide bonds. The summed E-state index contributed by atoms with van der Waals surface area (Å²) in [5, 5.41) is 20.2. The topological polar surface area (TPSA) is 151 Å². The number of aliphatic hydroxyl groups excluding tert-OH is 2. The number of nitrogens with one attached hydrogen (secondary N) is 1. The van der Waals surface area contributed by atoms with E-state index in [4.69, 9.17) is 9.47 Å². The Kier molecular flexibility index (Phi) is 7.37. The van der Waals surface area contributed by atoms with E-state index in [1.54, 1.807) is 24.3 Å². The fourth-order valence-corrected chi connectivity index (χ4v) is 4.32. The molecule has 1 fully saturated rings. The second kappa shape index (κ2) is 10.4. The molecule has 11 nitrogen and oxygen atoms in total. The number of unbranched alkanes of at least 4 members (excludes halogenated alkanes) is 3. The van der Waals surface area contributed by atoms with Crippen molar-refractivity contribution in [1.29, 1.82) is 0 Å². The number of aliphatic hydroxyl groups is 2. The van der Waals surface area contributed by atoms with Gasteiger partial charge in [-0.1, -0.05) is 25.0 Å². The number of amides is 2. The van der Waals surface area contributed by atoms with Crippen LogP contribution in [0, 0.1) is 0 Å². The number of hydrogen-bond acceptors (Lipinski definition) is 8. The predicted octanol–water partition coefficient (Wildman–Crippen LogP) is 0.0290. The van der Waals surface area contributed by atoms with Gasteiger partial charge in [-0.05, 0) is 25.0 Å². The molecule has 2 aliphatic rings. The number of rotatable bonds is 10. The Bertz CT molecular complexity index is 1120. The lowest BCUT2D eigenvalue weighted by Crippen LogP contribution is -2.39. The van der Waals surface area contributed by atoms with Crippen molar-refractivity contribution < 1.29 is 29.3 Å². The van der Waals surface area contributed by atoms with Crippen LogP contribution in [0.15, 0.2) is 46.1 Å². The van der Waals surface area contributed by atoms with Crippen LogP contribution in [0.3, 0.4) is 0 Å². The molecule has 4 atom stereocenters. The van der Waals surface area contributed by atoms with E-state index in [2.05, 4.69) is 4.98 Å². The molecule has 11 heteroatoms. The Labute approximate surface area is 194 Å². The van der Waals surface area contributed by atoms with Gasteiger partial charge < -0.3 is 19.7 Å². The molecule has 3 N–H and O–H groups in total. The van der Waals surface area contributed by atoms with E-state index in [1.165, 1.54) is 11.1 Å². The number of fused-ring (bicyclic) bond motifs is 1. The van der Waals surface area contributed by atoms with Crippen LogP contribution < -0.4 is 11.2 Å². The molecule has 182 valence electrons. The number of carbonyl (C=O) groups excluding carboxylic acids is 2. The van der Waals surface area contributed by atoms with Crippen LogP contribution in [-0.2, 0) is 9.47 Å². The molecule has 0 bridgehead atoms. The quantitative estimate of drug-likeness (QED) is 0.323. The molecule has 2 unspecified atom stereocenters. The highest BCUT2D eigenvalue weighted by Crippen LogP contribution is 2.30. The summed E-state index contributed by atoms with van der Waals surface area (Å²) < 4.78 is 12.4. The Balaban J connectivity index is 1.20. The number of aromatic nitrogens is 2. The predicted molar refractivity (Wildman–Crippen MR) is 118 cm³/mol. The second-order valence-corrected chi connectivity index (χ2v) is 8.31. The number of imide groups is 1. The van der Waals surface area contributed by atoms with Crippen LogP contribution in [-0.4, -0.2) is 74.5 Å². The molecular weight excluding hydrogens is 446 g/mol. The summed E-state index contributed by atoms with van der Waals surface area (Å²) in [6.45, 7) is 0.239. The fraction of sp³-hybridized carbons (Fsp3) is 0.478. The first-order valence-electron chi connectivity index (χ1n) is 11.2. The molecule has 2 aromatic rings. The van der Waals surface area contributed by atoms with Crippen molar-refractivity contribution in [1.82, 2.24) is 14.5 Å². The molecule has 0 aliphatic carbocycles. The van der Waals surface area contributed by atoms with Crippen molar-refractivity contribution in [2.24, 2.45) is 0 Å². The van der Waals surface area contributed by atoms with Gasteiger partial charge in [0.2, 0.25) is 0 Å². The lowest BCUT2D eigenvalue weighted by Gasteiger charge is -2.20. The number of H-pyrrole nitrogens is 1. The van der Waals surface area contributed by atoms with Gasteiger partial charge in [-0.3, -0.25) is 28.8 Å². The van der Waals surface area contributed by atoms with Crippen molar-refractivity contribution in [2.45, 2.75) is 50.2 Å². The fourth-order valence-electron chi connectivity index (χ4n) is 4.32. The molecular formula is C23H27N3O8. The van der Waals surface area contributed by atoms with Crippen LogP contribution in [0.25, 0.3) is 0 Å². The van der Waals surface area contributed by atoms with E-state index in [9.17, 15) is 29.4 Å². The number of ether oxygens (including phenoxy) is 2. The summed E-state index contributed by atoms with van der Waals surface area (Å²) in [6, 6.07) is 7.93. The molecule has 0 spiro atoms. The first-order valence-corrected chi connectivity index (χ1v) is 11.2. The van der Waals surface area contributed by atoms with Crippen LogP contribution in [0.2, 0.25) is 0 Å². The van der Waals surface area contributed by atoms with Gasteiger partial charge in [0.25, 0.3) is 17.4 Å². The molecule has 3 heterocycles. The largest absolute Gasteiger partial charge is 0.394 e. The summed E-state index contributed by atoms with van der Waals surface area (Å²) in [4.78, 5) is 51.4. The minimum atomic E-state index is -1.21. The van der Waals surface area contributed by atoms with Gasteiger partial charge >= 0.3 is 5.69 Å². The van der Waals surface area contributed by atoms with Crippen molar-refractivity contribution in [3.63, 3.8) is 0 Å². The first-order chi connectivity index (χ1) is 16.4. The maximum atomic E-state index is 12.4.